The van der Waals surface area contributed by atoms with Crippen LogP contribution in [0.25, 0.3) is 0 Å². The number of aliphatic hydroxyl groups excluding tert-OH is 1. The highest BCUT2D eigenvalue weighted by Crippen LogP contribution is 2.41. The summed E-state index contributed by atoms with van der Waals surface area (Å²) < 4.78 is 2.00. The molecular formula is C18H22N4O2. The predicted octanol–water partition coefficient (Wildman–Crippen LogP) is 1.29. The van der Waals surface area contributed by atoms with E-state index in [-0.39, 0.29) is 18.1 Å². The minimum absolute atomic E-state index is 0.0691. The van der Waals surface area contributed by atoms with Gasteiger partial charge in [-0.25, -0.2) is 4.98 Å². The number of aromatic nitrogens is 3. The summed E-state index contributed by atoms with van der Waals surface area (Å²) in [6.07, 6.45) is 8.78. The zero-order valence-corrected chi connectivity index (χ0v) is 13.5. The molecule has 2 fully saturated rings. The molecule has 4 rings (SSSR count). The molecule has 4 atom stereocenters. The summed E-state index contributed by atoms with van der Waals surface area (Å²) in [5.41, 5.74) is 0.814. The van der Waals surface area contributed by atoms with Crippen molar-refractivity contribution in [1.29, 1.82) is 0 Å². The van der Waals surface area contributed by atoms with Crippen LogP contribution in [0, 0.1) is 11.8 Å². The maximum absolute atomic E-state index is 12.6. The van der Waals surface area contributed by atoms with Gasteiger partial charge in [0.1, 0.15) is 0 Å². The zero-order chi connectivity index (χ0) is 16.5. The Morgan fingerprint density at radius 3 is 2.75 bits per heavy atom. The number of imidazole rings is 1. The van der Waals surface area contributed by atoms with E-state index in [2.05, 4.69) is 9.97 Å². The Bertz CT molecular complexity index is 688. The summed E-state index contributed by atoms with van der Waals surface area (Å²) in [6.45, 7) is 1.54. The molecule has 2 aromatic heterocycles. The van der Waals surface area contributed by atoms with E-state index >= 15 is 0 Å². The summed E-state index contributed by atoms with van der Waals surface area (Å²) in [4.78, 5) is 22.8. The first-order valence-corrected chi connectivity index (χ1v) is 8.54. The second-order valence-electron chi connectivity index (χ2n) is 6.93. The van der Waals surface area contributed by atoms with Crippen molar-refractivity contribution in [3.05, 3.63) is 48.8 Å². The van der Waals surface area contributed by atoms with Crippen LogP contribution in [0.15, 0.2) is 43.1 Å². The Morgan fingerprint density at radius 2 is 2.04 bits per heavy atom. The molecule has 1 amide bonds. The summed E-state index contributed by atoms with van der Waals surface area (Å²) in [6, 6.07) is 5.72. The third-order valence-electron chi connectivity index (χ3n) is 5.43. The van der Waals surface area contributed by atoms with Crippen LogP contribution in [0.3, 0.4) is 0 Å². The first-order valence-electron chi connectivity index (χ1n) is 8.54. The van der Waals surface area contributed by atoms with Crippen LogP contribution in [-0.4, -0.2) is 49.6 Å². The number of rotatable bonds is 3. The van der Waals surface area contributed by atoms with Crippen LogP contribution < -0.4 is 0 Å². The molecule has 1 N–H and O–H groups in total. The van der Waals surface area contributed by atoms with E-state index < -0.39 is 0 Å². The highest BCUT2D eigenvalue weighted by atomic mass is 16.3. The fraction of sp³-hybridized carbons (Fsp3) is 0.500. The van der Waals surface area contributed by atoms with Crippen molar-refractivity contribution in [3.63, 3.8) is 0 Å². The molecule has 0 bridgehead atoms. The highest BCUT2D eigenvalue weighted by Gasteiger charge is 2.43. The lowest BCUT2D eigenvalue weighted by molar-refractivity contribution is -0.129. The van der Waals surface area contributed by atoms with Gasteiger partial charge in [0.05, 0.1) is 24.9 Å². The first kappa shape index (κ1) is 15.3. The molecule has 3 heterocycles. The van der Waals surface area contributed by atoms with Crippen LogP contribution >= 0.6 is 0 Å². The van der Waals surface area contributed by atoms with Crippen molar-refractivity contribution in [2.24, 2.45) is 11.8 Å². The Labute approximate surface area is 141 Å². The number of carbonyl (C=O) groups is 1. The quantitative estimate of drug-likeness (QED) is 0.923. The number of hydrogen-bond acceptors (Lipinski definition) is 4. The van der Waals surface area contributed by atoms with Gasteiger partial charge in [-0.15, -0.1) is 0 Å². The Kier molecular flexibility index (Phi) is 4.06. The standard InChI is InChI=1S/C18H22N4O2/c23-17-8-14-11-22(18(24)9-15-3-1-2-4-20-15)10-13(14)7-16(17)21-6-5-19-12-21/h1-6,12-14,16-17,23H,7-11H2/t13-,14+,16-,17-/m1/s1. The van der Waals surface area contributed by atoms with E-state index in [1.165, 1.54) is 0 Å². The molecule has 0 aromatic carbocycles. The van der Waals surface area contributed by atoms with Crippen molar-refractivity contribution in [1.82, 2.24) is 19.4 Å². The molecular weight excluding hydrogens is 304 g/mol. The minimum Gasteiger partial charge on any atom is -0.391 e. The Hall–Kier alpha value is -2.21. The predicted molar refractivity (Wildman–Crippen MR) is 88.0 cm³/mol. The minimum atomic E-state index is -0.369. The molecule has 0 spiro atoms. The summed E-state index contributed by atoms with van der Waals surface area (Å²) in [5, 5.41) is 10.5. The van der Waals surface area contributed by atoms with E-state index in [0.29, 0.717) is 18.3 Å². The van der Waals surface area contributed by atoms with Gasteiger partial charge in [-0.3, -0.25) is 9.78 Å². The number of nitrogens with zero attached hydrogens (tertiary/aromatic N) is 4. The summed E-state index contributed by atoms with van der Waals surface area (Å²) in [7, 11) is 0. The number of amides is 1. The lowest BCUT2D eigenvalue weighted by atomic mass is 9.77. The molecule has 0 unspecified atom stereocenters. The number of carbonyl (C=O) groups excluding carboxylic acids is 1. The molecule has 1 saturated heterocycles. The average molecular weight is 326 g/mol. The lowest BCUT2D eigenvalue weighted by Crippen LogP contribution is -2.35. The van der Waals surface area contributed by atoms with Crippen LogP contribution in [0.2, 0.25) is 0 Å². The monoisotopic (exact) mass is 326 g/mol. The van der Waals surface area contributed by atoms with Gasteiger partial charge < -0.3 is 14.6 Å². The second kappa shape index (κ2) is 6.36. The third kappa shape index (κ3) is 2.94. The topological polar surface area (TPSA) is 71.2 Å². The van der Waals surface area contributed by atoms with Crippen molar-refractivity contribution < 1.29 is 9.90 Å². The third-order valence-corrected chi connectivity index (χ3v) is 5.43. The SMILES string of the molecule is O=C(Cc1ccccn1)N1C[C@H]2C[C@@H](n3ccnc3)[C@H](O)C[C@H]2C1. The molecule has 2 aromatic rings. The number of aliphatic hydroxyl groups is 1. The molecule has 1 aliphatic heterocycles. The van der Waals surface area contributed by atoms with Gasteiger partial charge in [-0.05, 0) is 36.8 Å². The molecule has 6 heteroatoms. The van der Waals surface area contributed by atoms with Gasteiger partial charge in [-0.1, -0.05) is 6.07 Å². The number of pyridine rings is 1. The van der Waals surface area contributed by atoms with E-state index in [1.54, 1.807) is 18.7 Å². The van der Waals surface area contributed by atoms with Crippen molar-refractivity contribution in [3.8, 4) is 0 Å². The van der Waals surface area contributed by atoms with Crippen LogP contribution in [0.1, 0.15) is 24.6 Å². The van der Waals surface area contributed by atoms with Crippen molar-refractivity contribution in [2.75, 3.05) is 13.1 Å². The molecule has 2 aliphatic rings. The number of likely N-dealkylation sites (tertiary alicyclic amines) is 1. The molecule has 1 saturated carbocycles. The molecule has 126 valence electrons. The van der Waals surface area contributed by atoms with Gasteiger partial charge in [0.2, 0.25) is 5.91 Å². The van der Waals surface area contributed by atoms with Gasteiger partial charge in [0, 0.05) is 37.4 Å². The highest BCUT2D eigenvalue weighted by molar-refractivity contribution is 5.78. The maximum Gasteiger partial charge on any atom is 0.228 e. The van der Waals surface area contributed by atoms with E-state index in [1.807, 2.05) is 33.9 Å². The summed E-state index contributed by atoms with van der Waals surface area (Å²) >= 11 is 0. The molecule has 24 heavy (non-hydrogen) atoms. The second-order valence-corrected chi connectivity index (χ2v) is 6.93. The zero-order valence-electron chi connectivity index (χ0n) is 13.5. The largest absolute Gasteiger partial charge is 0.391 e. The number of fused-ring (bicyclic) bond motifs is 1. The fourth-order valence-corrected chi connectivity index (χ4v) is 4.17. The average Bonchev–Trinajstić information content (AvgIpc) is 3.24. The van der Waals surface area contributed by atoms with Crippen molar-refractivity contribution in [2.45, 2.75) is 31.4 Å². The first-order chi connectivity index (χ1) is 11.7. The lowest BCUT2D eigenvalue weighted by Gasteiger charge is -2.35. The summed E-state index contributed by atoms with van der Waals surface area (Å²) in [5.74, 6) is 0.984. The van der Waals surface area contributed by atoms with Crippen molar-refractivity contribution >= 4 is 5.91 Å². The van der Waals surface area contributed by atoms with Crippen LogP contribution in [-0.2, 0) is 11.2 Å². The van der Waals surface area contributed by atoms with Gasteiger partial charge in [0.15, 0.2) is 0 Å². The Morgan fingerprint density at radius 1 is 1.21 bits per heavy atom. The molecule has 0 radical (unpaired) electrons. The van der Waals surface area contributed by atoms with Gasteiger partial charge in [-0.2, -0.15) is 0 Å². The maximum atomic E-state index is 12.6. The Balaban J connectivity index is 1.41. The van der Waals surface area contributed by atoms with E-state index in [9.17, 15) is 9.90 Å². The normalized spacial score (nSPS) is 29.5. The van der Waals surface area contributed by atoms with Crippen LogP contribution in [0.4, 0.5) is 0 Å². The fourth-order valence-electron chi connectivity index (χ4n) is 4.17. The van der Waals surface area contributed by atoms with Gasteiger partial charge in [0.25, 0.3) is 0 Å². The smallest absolute Gasteiger partial charge is 0.228 e. The van der Waals surface area contributed by atoms with Crippen LogP contribution in [0.5, 0.6) is 0 Å². The number of hydrogen-bond donors (Lipinski definition) is 1. The molecule has 6 nitrogen and oxygen atoms in total. The van der Waals surface area contributed by atoms with E-state index in [0.717, 1.165) is 31.6 Å². The van der Waals surface area contributed by atoms with E-state index in [4.69, 9.17) is 0 Å². The van der Waals surface area contributed by atoms with Gasteiger partial charge >= 0.3 is 0 Å². The molecule has 1 aliphatic carbocycles.